The number of anilines is 2. The molecule has 0 spiro atoms. The highest BCUT2D eigenvalue weighted by Crippen LogP contribution is 2.38. The molecule has 1 fully saturated rings. The molecular weight excluding hydrogens is 525 g/mol. The molecule has 9 nitrogen and oxygen atoms in total. The number of likely N-dealkylation sites (tertiary alicyclic amines) is 1. The van der Waals surface area contributed by atoms with Gasteiger partial charge in [0.1, 0.15) is 23.1 Å². The van der Waals surface area contributed by atoms with E-state index in [9.17, 15) is 14.0 Å². The maximum absolute atomic E-state index is 14.0. The van der Waals surface area contributed by atoms with Gasteiger partial charge in [0.2, 0.25) is 0 Å². The van der Waals surface area contributed by atoms with Crippen LogP contribution in [0, 0.1) is 5.82 Å². The molecule has 5 rings (SSSR count). The summed E-state index contributed by atoms with van der Waals surface area (Å²) in [6.45, 7) is 3.54. The van der Waals surface area contributed by atoms with Gasteiger partial charge in [-0.05, 0) is 88.4 Å². The summed E-state index contributed by atoms with van der Waals surface area (Å²) in [6.07, 6.45) is 1.56. The number of nitrogens with zero attached hydrogens (tertiary/aromatic N) is 4. The number of urea groups is 1. The SMILES string of the molecule is COc1ccc(N(C(=O)Nc2ccc(F)cc2)C(C)c2nc3ccccc3c(=O)n2C2CCN(C)CC2)c(OC)c1. The smallest absolute Gasteiger partial charge is 0.327 e. The Morgan fingerprint density at radius 3 is 2.44 bits per heavy atom. The van der Waals surface area contributed by atoms with Gasteiger partial charge in [0.15, 0.2) is 0 Å². The van der Waals surface area contributed by atoms with Crippen LogP contribution in [0.3, 0.4) is 0 Å². The van der Waals surface area contributed by atoms with Crippen molar-refractivity contribution in [3.05, 3.63) is 88.7 Å². The van der Waals surface area contributed by atoms with E-state index in [1.54, 1.807) is 35.9 Å². The third-order valence-electron chi connectivity index (χ3n) is 7.61. The van der Waals surface area contributed by atoms with Crippen molar-refractivity contribution in [3.63, 3.8) is 0 Å². The van der Waals surface area contributed by atoms with Crippen LogP contribution in [0.2, 0.25) is 0 Å². The number of para-hydroxylation sites is 1. The number of halogens is 1. The molecule has 1 aliphatic rings. The lowest BCUT2D eigenvalue weighted by Crippen LogP contribution is -2.42. The first-order chi connectivity index (χ1) is 19.8. The number of carbonyl (C=O) groups is 1. The van der Waals surface area contributed by atoms with Gasteiger partial charge in [-0.2, -0.15) is 0 Å². The largest absolute Gasteiger partial charge is 0.497 e. The molecule has 1 N–H and O–H groups in total. The number of amides is 2. The summed E-state index contributed by atoms with van der Waals surface area (Å²) in [5.74, 6) is 1.02. The maximum Gasteiger partial charge on any atom is 0.327 e. The number of fused-ring (bicyclic) bond motifs is 1. The van der Waals surface area contributed by atoms with Crippen LogP contribution in [0.5, 0.6) is 11.5 Å². The highest BCUT2D eigenvalue weighted by molar-refractivity contribution is 6.03. The highest BCUT2D eigenvalue weighted by atomic mass is 19.1. The topological polar surface area (TPSA) is 88.9 Å². The molecule has 0 radical (unpaired) electrons. The number of rotatable bonds is 7. The van der Waals surface area contributed by atoms with E-state index >= 15 is 0 Å². The summed E-state index contributed by atoms with van der Waals surface area (Å²) in [5, 5.41) is 3.40. The second-order valence-corrected chi connectivity index (χ2v) is 10.2. The Labute approximate surface area is 238 Å². The molecule has 1 aromatic heterocycles. The van der Waals surface area contributed by atoms with Crippen LogP contribution in [0.15, 0.2) is 71.5 Å². The minimum absolute atomic E-state index is 0.0759. The van der Waals surface area contributed by atoms with E-state index in [2.05, 4.69) is 17.3 Å². The zero-order valence-corrected chi connectivity index (χ0v) is 23.6. The molecule has 4 aromatic rings. The van der Waals surface area contributed by atoms with Gasteiger partial charge in [-0.15, -0.1) is 0 Å². The zero-order valence-electron chi connectivity index (χ0n) is 23.6. The lowest BCUT2D eigenvalue weighted by atomic mass is 10.0. The van der Waals surface area contributed by atoms with Gasteiger partial charge in [-0.3, -0.25) is 14.3 Å². The van der Waals surface area contributed by atoms with Crippen LogP contribution in [0.1, 0.15) is 37.7 Å². The summed E-state index contributed by atoms with van der Waals surface area (Å²) in [6, 6.07) is 16.7. The molecule has 41 heavy (non-hydrogen) atoms. The van der Waals surface area contributed by atoms with Crippen molar-refractivity contribution < 1.29 is 18.7 Å². The van der Waals surface area contributed by atoms with Crippen molar-refractivity contribution in [1.82, 2.24) is 14.5 Å². The lowest BCUT2D eigenvalue weighted by Gasteiger charge is -2.35. The first-order valence-electron chi connectivity index (χ1n) is 13.6. The average Bonchev–Trinajstić information content (AvgIpc) is 2.99. The first-order valence-corrected chi connectivity index (χ1v) is 13.6. The monoisotopic (exact) mass is 559 g/mol. The number of methoxy groups -OCH3 is 2. The number of hydrogen-bond acceptors (Lipinski definition) is 6. The summed E-state index contributed by atoms with van der Waals surface area (Å²) in [5.41, 5.74) is 1.30. The van der Waals surface area contributed by atoms with E-state index in [1.807, 2.05) is 25.1 Å². The predicted octanol–water partition coefficient (Wildman–Crippen LogP) is 5.62. The van der Waals surface area contributed by atoms with Crippen LogP contribution in [0.4, 0.5) is 20.6 Å². The molecule has 2 amide bonds. The van der Waals surface area contributed by atoms with E-state index in [4.69, 9.17) is 14.5 Å². The Morgan fingerprint density at radius 1 is 1.05 bits per heavy atom. The normalized spacial score (nSPS) is 15.0. The van der Waals surface area contributed by atoms with Crippen molar-refractivity contribution in [2.45, 2.75) is 31.8 Å². The van der Waals surface area contributed by atoms with Gasteiger partial charge in [-0.1, -0.05) is 12.1 Å². The number of ether oxygens (including phenoxy) is 2. The third-order valence-corrected chi connectivity index (χ3v) is 7.61. The molecule has 1 aliphatic heterocycles. The average molecular weight is 560 g/mol. The Morgan fingerprint density at radius 2 is 1.76 bits per heavy atom. The number of benzene rings is 3. The van der Waals surface area contributed by atoms with Gasteiger partial charge in [0.25, 0.3) is 5.56 Å². The van der Waals surface area contributed by atoms with Gasteiger partial charge in [0.05, 0.1) is 36.9 Å². The molecule has 0 aliphatic carbocycles. The van der Waals surface area contributed by atoms with E-state index in [0.29, 0.717) is 39.6 Å². The Bertz CT molecular complexity index is 1600. The number of aromatic nitrogens is 2. The Balaban J connectivity index is 1.67. The minimum Gasteiger partial charge on any atom is -0.497 e. The summed E-state index contributed by atoms with van der Waals surface area (Å²) >= 11 is 0. The van der Waals surface area contributed by atoms with Crippen molar-refractivity contribution in [1.29, 1.82) is 0 Å². The van der Waals surface area contributed by atoms with E-state index in [-0.39, 0.29) is 11.6 Å². The van der Waals surface area contributed by atoms with Crippen molar-refractivity contribution in [2.75, 3.05) is 44.6 Å². The van der Waals surface area contributed by atoms with Gasteiger partial charge >= 0.3 is 6.03 Å². The molecule has 1 atom stereocenters. The molecule has 0 saturated carbocycles. The van der Waals surface area contributed by atoms with Gasteiger partial charge in [0, 0.05) is 17.8 Å². The van der Waals surface area contributed by atoms with Gasteiger partial charge in [-0.25, -0.2) is 14.2 Å². The van der Waals surface area contributed by atoms with Gasteiger partial charge < -0.3 is 19.7 Å². The Kier molecular flexibility index (Phi) is 8.21. The molecular formula is C31H34FN5O4. The molecule has 10 heteroatoms. The second-order valence-electron chi connectivity index (χ2n) is 10.2. The number of nitrogens with one attached hydrogen (secondary N) is 1. The maximum atomic E-state index is 14.0. The van der Waals surface area contributed by atoms with E-state index in [1.165, 1.54) is 36.3 Å². The standard InChI is InChI=1S/C31H34FN5O4/c1-20(29-34-26-8-6-5-7-25(26)30(38)37(29)23-15-17-35(2)18-16-23)36(27-14-13-24(40-3)19-28(27)41-4)31(39)33-22-11-9-21(32)10-12-22/h5-14,19-20,23H,15-18H2,1-4H3,(H,33,39). The van der Waals surface area contributed by atoms with Crippen molar-refractivity contribution >= 4 is 28.3 Å². The number of carbonyl (C=O) groups excluding carboxylic acids is 1. The Hall–Kier alpha value is -4.44. The van der Waals surface area contributed by atoms with Crippen molar-refractivity contribution in [3.8, 4) is 11.5 Å². The summed E-state index contributed by atoms with van der Waals surface area (Å²) < 4.78 is 26.4. The van der Waals surface area contributed by atoms with Crippen LogP contribution in [-0.2, 0) is 0 Å². The zero-order chi connectivity index (χ0) is 29.1. The predicted molar refractivity (Wildman–Crippen MR) is 158 cm³/mol. The lowest BCUT2D eigenvalue weighted by molar-refractivity contribution is 0.214. The number of piperidine rings is 1. The quantitative estimate of drug-likeness (QED) is 0.316. The molecule has 0 bridgehead atoms. The van der Waals surface area contributed by atoms with Crippen LogP contribution in [0.25, 0.3) is 10.9 Å². The fourth-order valence-electron chi connectivity index (χ4n) is 5.37. The van der Waals surface area contributed by atoms with Crippen LogP contribution in [-0.4, -0.2) is 54.8 Å². The van der Waals surface area contributed by atoms with E-state index in [0.717, 1.165) is 25.9 Å². The second kappa shape index (κ2) is 12.0. The minimum atomic E-state index is -0.699. The molecule has 1 saturated heterocycles. The highest BCUT2D eigenvalue weighted by Gasteiger charge is 2.32. The molecule has 3 aromatic carbocycles. The fraction of sp³-hybridized carbons (Fsp3) is 0.323. The van der Waals surface area contributed by atoms with Crippen molar-refractivity contribution in [2.24, 2.45) is 0 Å². The van der Waals surface area contributed by atoms with Crippen LogP contribution < -0.4 is 25.2 Å². The summed E-state index contributed by atoms with van der Waals surface area (Å²) in [4.78, 5) is 36.8. The molecule has 214 valence electrons. The van der Waals surface area contributed by atoms with E-state index < -0.39 is 17.9 Å². The number of hydrogen-bond donors (Lipinski definition) is 1. The molecule has 2 heterocycles. The van der Waals surface area contributed by atoms with Crippen LogP contribution >= 0.6 is 0 Å². The summed E-state index contributed by atoms with van der Waals surface area (Å²) in [7, 11) is 5.13. The molecule has 1 unspecified atom stereocenters. The third kappa shape index (κ3) is 5.74. The first kappa shape index (κ1) is 28.1. The fourth-order valence-corrected chi connectivity index (χ4v) is 5.37.